The number of aliphatic hydroxyl groups excluding tert-OH is 1. The highest BCUT2D eigenvalue weighted by molar-refractivity contribution is 7.21. The number of Topliss-reactive ketones (excluding diaryl/α,β-unsaturated/α-hetero) is 2. The molecule has 3 unspecified atom stereocenters. The lowest BCUT2D eigenvalue weighted by molar-refractivity contribution is -0.172. The molecule has 0 heterocycles. The monoisotopic (exact) mass is 655 g/mol. The predicted molar refractivity (Wildman–Crippen MR) is 196 cm³/mol. The summed E-state index contributed by atoms with van der Waals surface area (Å²) in [5, 5.41) is 29.3. The van der Waals surface area contributed by atoms with E-state index in [9.17, 15) is 24.9 Å². The summed E-state index contributed by atoms with van der Waals surface area (Å²) in [7, 11) is 1.96. The minimum absolute atomic E-state index is 0.0398. The molecule has 5 nitrogen and oxygen atoms in total. The van der Waals surface area contributed by atoms with Gasteiger partial charge in [0.2, 0.25) is 0 Å². The highest BCUT2D eigenvalue weighted by atomic mass is 31.0. The number of ketones is 2. The maximum atomic E-state index is 12.8. The van der Waals surface area contributed by atoms with Crippen molar-refractivity contribution >= 4 is 20.8 Å². The van der Waals surface area contributed by atoms with E-state index in [0.717, 1.165) is 51.4 Å². The van der Waals surface area contributed by atoms with E-state index in [0.29, 0.717) is 12.8 Å². The standard InChI is InChI=1S/C39H75O5P/c1-3-5-7-9-11-13-15-17-19-21-23-25-27-29-31-33-36(41)38(43,35-40)39(44,45)37(42)34-32-30-28-26-24-22-20-18-16-14-12-10-8-6-4-2/h17,19,40,43-44H,3-16,18,20-35,45H2,1-2H3. The van der Waals surface area contributed by atoms with E-state index >= 15 is 0 Å². The lowest BCUT2D eigenvalue weighted by Crippen LogP contribution is -2.62. The van der Waals surface area contributed by atoms with Gasteiger partial charge < -0.3 is 15.3 Å². The number of unbranched alkanes of at least 4 members (excludes halogenated alkanes) is 25. The van der Waals surface area contributed by atoms with Gasteiger partial charge in [0.25, 0.3) is 0 Å². The molecule has 0 fully saturated rings. The zero-order chi connectivity index (χ0) is 33.5. The van der Waals surface area contributed by atoms with E-state index in [2.05, 4.69) is 26.0 Å². The highest BCUT2D eigenvalue weighted by Gasteiger charge is 2.55. The molecule has 45 heavy (non-hydrogen) atoms. The van der Waals surface area contributed by atoms with E-state index in [1.807, 2.05) is 9.24 Å². The van der Waals surface area contributed by atoms with Gasteiger partial charge in [0.05, 0.1) is 6.61 Å². The number of hydrogen-bond acceptors (Lipinski definition) is 5. The Labute approximate surface area is 281 Å². The van der Waals surface area contributed by atoms with Crippen LogP contribution in [0.4, 0.5) is 0 Å². The molecule has 0 rings (SSSR count). The second-order valence-corrected chi connectivity index (χ2v) is 14.5. The zero-order valence-corrected chi connectivity index (χ0v) is 31.0. The maximum Gasteiger partial charge on any atom is 0.185 e. The Kier molecular flexibility index (Phi) is 30.3. The fraction of sp³-hybridized carbons (Fsp3) is 0.897. The molecule has 0 radical (unpaired) electrons. The highest BCUT2D eigenvalue weighted by Crippen LogP contribution is 2.34. The molecule has 6 heteroatoms. The van der Waals surface area contributed by atoms with Gasteiger partial charge >= 0.3 is 0 Å². The van der Waals surface area contributed by atoms with Crippen LogP contribution in [0.5, 0.6) is 0 Å². The van der Waals surface area contributed by atoms with Gasteiger partial charge in [-0.1, -0.05) is 176 Å². The Balaban J connectivity index is 3.99. The van der Waals surface area contributed by atoms with Crippen LogP contribution in [-0.4, -0.2) is 44.4 Å². The molecule has 0 aromatic heterocycles. The molecule has 0 bridgehead atoms. The number of carbonyl (C=O) groups excluding carboxylic acids is 2. The molecule has 0 aliphatic heterocycles. The fourth-order valence-electron chi connectivity index (χ4n) is 6.06. The molecule has 0 spiro atoms. The lowest BCUT2D eigenvalue weighted by atomic mass is 9.85. The SMILES string of the molecule is CCCCCCCCC=CCCCCCCCC(=O)C(O)(CO)C(O)(P)C(=O)CCCCCCCCCCCCCCCCC. The number of allylic oxidation sites excluding steroid dienone is 2. The molecule has 0 saturated heterocycles. The van der Waals surface area contributed by atoms with E-state index in [-0.39, 0.29) is 12.8 Å². The third-order valence-corrected chi connectivity index (χ3v) is 10.2. The molecular weight excluding hydrogens is 579 g/mol. The van der Waals surface area contributed by atoms with Crippen molar-refractivity contribution in [2.24, 2.45) is 0 Å². The summed E-state index contributed by atoms with van der Waals surface area (Å²) in [5.74, 6) is -1.26. The minimum Gasteiger partial charge on any atom is -0.393 e. The second kappa shape index (κ2) is 30.7. The third kappa shape index (κ3) is 22.6. The Morgan fingerprint density at radius 1 is 0.489 bits per heavy atom. The first-order valence-corrected chi connectivity index (χ1v) is 19.9. The van der Waals surface area contributed by atoms with Crippen LogP contribution < -0.4 is 0 Å². The van der Waals surface area contributed by atoms with E-state index < -0.39 is 29.1 Å². The van der Waals surface area contributed by atoms with Crippen LogP contribution in [0.2, 0.25) is 0 Å². The second-order valence-electron chi connectivity index (χ2n) is 13.7. The van der Waals surface area contributed by atoms with Crippen molar-refractivity contribution < 1.29 is 24.9 Å². The Hall–Kier alpha value is -0.610. The quantitative estimate of drug-likeness (QED) is 0.0359. The Morgan fingerprint density at radius 3 is 1.11 bits per heavy atom. The van der Waals surface area contributed by atoms with E-state index in [1.54, 1.807) is 0 Å². The average Bonchev–Trinajstić information content (AvgIpc) is 3.03. The van der Waals surface area contributed by atoms with Crippen molar-refractivity contribution in [3.63, 3.8) is 0 Å². The van der Waals surface area contributed by atoms with Crippen LogP contribution in [0.3, 0.4) is 0 Å². The van der Waals surface area contributed by atoms with Gasteiger partial charge in [0.15, 0.2) is 22.5 Å². The molecule has 3 atom stereocenters. The average molecular weight is 655 g/mol. The summed E-state index contributed by atoms with van der Waals surface area (Å²) in [5.41, 5.74) is -2.48. The van der Waals surface area contributed by atoms with Crippen molar-refractivity contribution in [2.75, 3.05) is 6.61 Å². The zero-order valence-electron chi connectivity index (χ0n) is 29.8. The van der Waals surface area contributed by atoms with Crippen LogP contribution in [0, 0.1) is 0 Å². The molecule has 3 N–H and O–H groups in total. The van der Waals surface area contributed by atoms with Crippen LogP contribution >= 0.6 is 9.24 Å². The summed E-state index contributed by atoms with van der Waals surface area (Å²) >= 11 is 0. The molecule has 0 amide bonds. The smallest absolute Gasteiger partial charge is 0.185 e. The number of hydrogen-bond donors (Lipinski definition) is 3. The maximum absolute atomic E-state index is 12.8. The molecule has 0 aromatic carbocycles. The summed E-state index contributed by atoms with van der Waals surface area (Å²) in [6.45, 7) is 3.53. The van der Waals surface area contributed by atoms with Gasteiger partial charge in [-0.15, -0.1) is 0 Å². The summed E-state index contributed by atoms with van der Waals surface area (Å²) in [4.78, 5) is 25.7. The van der Waals surface area contributed by atoms with E-state index in [4.69, 9.17) is 0 Å². The van der Waals surface area contributed by atoms with Crippen LogP contribution in [0.15, 0.2) is 12.2 Å². The first-order chi connectivity index (χ1) is 21.8. The van der Waals surface area contributed by atoms with E-state index in [1.165, 1.54) is 116 Å². The first kappa shape index (κ1) is 44.4. The molecule has 0 aliphatic carbocycles. The molecule has 0 saturated carbocycles. The number of aliphatic hydroxyl groups is 3. The normalized spacial score (nSPS) is 14.5. The number of carbonyl (C=O) groups is 2. The van der Waals surface area contributed by atoms with Gasteiger partial charge in [-0.05, 0) is 38.5 Å². The number of rotatable bonds is 35. The summed E-state index contributed by atoms with van der Waals surface area (Å²) in [6, 6.07) is 0. The van der Waals surface area contributed by atoms with Gasteiger partial charge in [0, 0.05) is 12.8 Å². The van der Waals surface area contributed by atoms with Crippen molar-refractivity contribution in [1.29, 1.82) is 0 Å². The van der Waals surface area contributed by atoms with Gasteiger partial charge in [-0.25, -0.2) is 0 Å². The van der Waals surface area contributed by atoms with Crippen molar-refractivity contribution in [1.82, 2.24) is 0 Å². The Bertz CT molecular complexity index is 722. The van der Waals surface area contributed by atoms with Crippen molar-refractivity contribution in [3.8, 4) is 0 Å². The van der Waals surface area contributed by atoms with Crippen LogP contribution in [0.25, 0.3) is 0 Å². The van der Waals surface area contributed by atoms with Crippen molar-refractivity contribution in [2.45, 2.75) is 217 Å². The predicted octanol–water partition coefficient (Wildman–Crippen LogP) is 10.7. The topological polar surface area (TPSA) is 94.8 Å². The third-order valence-electron chi connectivity index (χ3n) is 9.42. The molecule has 0 aromatic rings. The largest absolute Gasteiger partial charge is 0.393 e. The summed E-state index contributed by atoms with van der Waals surface area (Å²) < 4.78 is 0. The Morgan fingerprint density at radius 2 is 0.778 bits per heavy atom. The van der Waals surface area contributed by atoms with Crippen LogP contribution in [-0.2, 0) is 9.59 Å². The molecule has 0 aliphatic rings. The van der Waals surface area contributed by atoms with Gasteiger partial charge in [-0.2, -0.15) is 0 Å². The minimum atomic E-state index is -2.48. The first-order valence-electron chi connectivity index (χ1n) is 19.3. The fourth-order valence-corrected chi connectivity index (χ4v) is 6.46. The van der Waals surface area contributed by atoms with Crippen LogP contribution in [0.1, 0.15) is 206 Å². The lowest BCUT2D eigenvalue weighted by Gasteiger charge is -2.37. The summed E-state index contributed by atoms with van der Waals surface area (Å²) in [6.07, 6.45) is 37.9. The van der Waals surface area contributed by atoms with Gasteiger partial charge in [0.1, 0.15) is 0 Å². The molecular formula is C39H75O5P. The van der Waals surface area contributed by atoms with Gasteiger partial charge in [-0.3, -0.25) is 9.59 Å². The van der Waals surface area contributed by atoms with Crippen molar-refractivity contribution in [3.05, 3.63) is 12.2 Å². The molecule has 266 valence electrons.